The van der Waals surface area contributed by atoms with Gasteiger partial charge in [0.1, 0.15) is 23.4 Å². The Morgan fingerprint density at radius 2 is 1.86 bits per heavy atom. The van der Waals surface area contributed by atoms with Crippen LogP contribution in [0.15, 0.2) is 55.4 Å². The van der Waals surface area contributed by atoms with Gasteiger partial charge in [0.2, 0.25) is 27.7 Å². The molecule has 272 valence electrons. The monoisotopic (exact) mass is 738 g/mol. The summed E-state index contributed by atoms with van der Waals surface area (Å²) in [7, 11) is -2.37. The first kappa shape index (κ1) is 36.5. The van der Waals surface area contributed by atoms with Crippen LogP contribution in [0.1, 0.15) is 52.1 Å². The molecule has 3 N–H and O–H groups in total. The Kier molecular flexibility index (Phi) is 9.81. The summed E-state index contributed by atoms with van der Waals surface area (Å²) in [5, 5.41) is 6.92. The summed E-state index contributed by atoms with van der Waals surface area (Å²) < 4.78 is 40.1. The number of aryl methyl sites for hydroxylation is 1. The molecule has 3 fully saturated rings. The Bertz CT molecular complexity index is 1980. The number of aromatic nitrogens is 2. The van der Waals surface area contributed by atoms with Crippen molar-refractivity contribution < 1.29 is 32.3 Å². The third-order valence-electron chi connectivity index (χ3n) is 9.81. The summed E-state index contributed by atoms with van der Waals surface area (Å²) in [5.74, 6) is -1.64. The Morgan fingerprint density at radius 1 is 1.12 bits per heavy atom. The van der Waals surface area contributed by atoms with E-state index in [1.807, 2.05) is 39.8 Å². The van der Waals surface area contributed by atoms with E-state index in [9.17, 15) is 22.8 Å². The zero-order valence-electron chi connectivity index (χ0n) is 29.2. The Labute approximate surface area is 302 Å². The minimum atomic E-state index is -3.90. The van der Waals surface area contributed by atoms with E-state index in [2.05, 4.69) is 31.9 Å². The number of methoxy groups -OCH3 is 1. The van der Waals surface area contributed by atoms with Crippen molar-refractivity contribution in [3.05, 3.63) is 66.1 Å². The fourth-order valence-electron chi connectivity index (χ4n) is 6.78. The molecule has 3 aliphatic rings. The van der Waals surface area contributed by atoms with Gasteiger partial charge in [-0.3, -0.25) is 34.3 Å². The van der Waals surface area contributed by atoms with Crippen LogP contribution in [0.2, 0.25) is 5.02 Å². The van der Waals surface area contributed by atoms with Gasteiger partial charge in [-0.05, 0) is 61.9 Å². The number of carbonyl (C=O) groups is 3. The van der Waals surface area contributed by atoms with Crippen molar-refractivity contribution >= 4 is 55.8 Å². The molecule has 15 heteroatoms. The van der Waals surface area contributed by atoms with Crippen LogP contribution in [-0.4, -0.2) is 83.6 Å². The van der Waals surface area contributed by atoms with E-state index in [1.165, 1.54) is 13.3 Å². The number of nitrogens with zero attached hydrogens (tertiary/aromatic N) is 3. The van der Waals surface area contributed by atoms with Gasteiger partial charge in [0, 0.05) is 40.4 Å². The van der Waals surface area contributed by atoms with Crippen LogP contribution in [0.25, 0.3) is 10.8 Å². The van der Waals surface area contributed by atoms with Gasteiger partial charge in [0.05, 0.1) is 36.5 Å². The Morgan fingerprint density at radius 3 is 2.47 bits per heavy atom. The maximum absolute atomic E-state index is 14.2. The molecule has 1 saturated heterocycles. The number of hydrogen-bond donors (Lipinski definition) is 3. The van der Waals surface area contributed by atoms with Crippen molar-refractivity contribution in [2.75, 3.05) is 19.0 Å². The molecule has 5 atom stereocenters. The smallest absolute Gasteiger partial charge is 0.254 e. The van der Waals surface area contributed by atoms with Crippen LogP contribution in [0.4, 0.5) is 5.69 Å². The van der Waals surface area contributed by atoms with Crippen molar-refractivity contribution in [3.8, 4) is 11.6 Å². The van der Waals surface area contributed by atoms with E-state index in [1.54, 1.807) is 35.4 Å². The van der Waals surface area contributed by atoms with Crippen LogP contribution < -0.4 is 24.8 Å². The highest BCUT2D eigenvalue weighted by atomic mass is 35.5. The molecule has 0 unspecified atom stereocenters. The number of benzene rings is 1. The van der Waals surface area contributed by atoms with Crippen molar-refractivity contribution in [2.45, 2.75) is 82.4 Å². The van der Waals surface area contributed by atoms with E-state index < -0.39 is 68.1 Å². The van der Waals surface area contributed by atoms with E-state index in [-0.39, 0.29) is 25.3 Å². The van der Waals surface area contributed by atoms with Gasteiger partial charge in [-0.25, -0.2) is 13.4 Å². The summed E-state index contributed by atoms with van der Waals surface area (Å²) in [4.78, 5) is 52.5. The Balaban J connectivity index is 1.31. The van der Waals surface area contributed by atoms with Crippen molar-refractivity contribution in [3.63, 3.8) is 0 Å². The first-order chi connectivity index (χ1) is 24.1. The molecule has 2 aromatic heterocycles. The van der Waals surface area contributed by atoms with Gasteiger partial charge in [0.15, 0.2) is 0 Å². The average molecular weight is 739 g/mol. The lowest BCUT2D eigenvalue weighted by Crippen LogP contribution is -2.59. The number of sulfonamides is 1. The number of amides is 3. The number of imide groups is 1. The highest BCUT2D eigenvalue weighted by Gasteiger charge is 2.67. The average Bonchev–Trinajstić information content (AvgIpc) is 4.00. The minimum Gasteiger partial charge on any atom is -0.494 e. The molecule has 6 rings (SSSR count). The number of fused-ring (bicyclic) bond motifs is 1. The minimum absolute atomic E-state index is 0.0548. The van der Waals surface area contributed by atoms with E-state index in [4.69, 9.17) is 21.1 Å². The number of ether oxygens (including phenoxy) is 2. The van der Waals surface area contributed by atoms with Crippen LogP contribution in [-0.2, 0) is 24.4 Å². The number of likely N-dealkylation sites (tertiary alicyclic amines) is 1. The summed E-state index contributed by atoms with van der Waals surface area (Å²) in [6, 6.07) is 6.95. The van der Waals surface area contributed by atoms with E-state index in [0.29, 0.717) is 40.1 Å². The third kappa shape index (κ3) is 7.40. The summed E-state index contributed by atoms with van der Waals surface area (Å²) in [5.41, 5.74) is -0.604. The number of rotatable bonds is 12. The second-order valence-electron chi connectivity index (χ2n) is 14.6. The van der Waals surface area contributed by atoms with Crippen LogP contribution >= 0.6 is 11.6 Å². The van der Waals surface area contributed by atoms with E-state index in [0.717, 1.165) is 5.69 Å². The molecule has 3 heterocycles. The number of halogens is 1. The summed E-state index contributed by atoms with van der Waals surface area (Å²) in [6.45, 7) is 11.4. The SMILES string of the molecule is C=C[C@@H]1C[C@@]1(C(=O)NS(=O)(=O)C1CC1)N1C[C@H](Oc2ncc(OC)c3ccc(Cl)cc23)C[C@H]1C(=O)NC(=O)[C@@H](Nc1ccc(C)nc1)C(C)(C)C. The molecule has 0 spiro atoms. The highest BCUT2D eigenvalue weighted by Crippen LogP contribution is 2.53. The number of carbonyl (C=O) groups excluding carboxylic acids is 3. The van der Waals surface area contributed by atoms with Crippen molar-refractivity contribution in [2.24, 2.45) is 11.3 Å². The number of hydrogen-bond acceptors (Lipinski definition) is 11. The molecular formula is C36H43ClN6O7S. The molecule has 3 aromatic rings. The second-order valence-corrected chi connectivity index (χ2v) is 17.0. The van der Waals surface area contributed by atoms with E-state index >= 15 is 0 Å². The number of pyridine rings is 2. The van der Waals surface area contributed by atoms with Crippen LogP contribution in [0.3, 0.4) is 0 Å². The molecule has 0 radical (unpaired) electrons. The molecule has 0 bridgehead atoms. The number of nitrogens with one attached hydrogen (secondary N) is 3. The fraction of sp³-hybridized carbons (Fsp3) is 0.472. The molecule has 13 nitrogen and oxygen atoms in total. The molecule has 1 aromatic carbocycles. The van der Waals surface area contributed by atoms with Crippen LogP contribution in [0.5, 0.6) is 11.6 Å². The molecule has 2 aliphatic carbocycles. The lowest BCUT2D eigenvalue weighted by Gasteiger charge is -2.34. The third-order valence-corrected chi connectivity index (χ3v) is 11.9. The lowest BCUT2D eigenvalue weighted by atomic mass is 9.86. The van der Waals surface area contributed by atoms with Gasteiger partial charge < -0.3 is 14.8 Å². The van der Waals surface area contributed by atoms with Crippen molar-refractivity contribution in [1.29, 1.82) is 0 Å². The van der Waals surface area contributed by atoms with Gasteiger partial charge in [-0.1, -0.05) is 38.4 Å². The molecule has 1 aliphatic heterocycles. The predicted molar refractivity (Wildman–Crippen MR) is 193 cm³/mol. The standard InChI is InChI=1S/C36H43ClN6O7S/c1-7-21-16-36(21,34(46)42-51(47,48)25-11-12-25)43-19-24(50-33-27-14-22(37)9-13-26(27)29(49-6)18-39-33)15-28(43)31(44)41-32(45)30(35(3,4)5)40-23-10-8-20(2)38-17-23/h7-10,13-14,17-18,21,24-25,28,30,40H,1,11-12,15-16,19H2,2-6H3,(H,42,46)(H,41,44,45)/t21-,24-,28+,30-,36-/m1/s1. The summed E-state index contributed by atoms with van der Waals surface area (Å²) >= 11 is 6.34. The van der Waals surface area contributed by atoms with Crippen LogP contribution in [0, 0.1) is 18.3 Å². The zero-order valence-corrected chi connectivity index (χ0v) is 30.8. The fourth-order valence-corrected chi connectivity index (χ4v) is 8.31. The molecule has 51 heavy (non-hydrogen) atoms. The van der Waals surface area contributed by atoms with Gasteiger partial charge in [-0.2, -0.15) is 0 Å². The lowest BCUT2D eigenvalue weighted by molar-refractivity contribution is -0.136. The highest BCUT2D eigenvalue weighted by molar-refractivity contribution is 7.91. The number of anilines is 1. The van der Waals surface area contributed by atoms with Crippen molar-refractivity contribution in [1.82, 2.24) is 24.9 Å². The van der Waals surface area contributed by atoms with Gasteiger partial charge >= 0.3 is 0 Å². The largest absolute Gasteiger partial charge is 0.494 e. The topological polar surface area (TPSA) is 169 Å². The quantitative estimate of drug-likeness (QED) is 0.228. The molecular weight excluding hydrogens is 696 g/mol. The van der Waals surface area contributed by atoms with Gasteiger partial charge in [-0.15, -0.1) is 6.58 Å². The molecule has 3 amide bonds. The maximum Gasteiger partial charge on any atom is 0.254 e. The first-order valence-electron chi connectivity index (χ1n) is 16.9. The molecule has 2 saturated carbocycles. The maximum atomic E-state index is 14.2. The summed E-state index contributed by atoms with van der Waals surface area (Å²) in [6.07, 6.45) is 5.30. The second kappa shape index (κ2) is 13.7. The van der Waals surface area contributed by atoms with Gasteiger partial charge in [0.25, 0.3) is 5.91 Å². The zero-order chi connectivity index (χ0) is 36.9. The predicted octanol–water partition coefficient (Wildman–Crippen LogP) is 4.14. The normalized spacial score (nSPS) is 24.0. The Hall–Kier alpha value is -4.27. The first-order valence-corrected chi connectivity index (χ1v) is 18.8.